The molecule has 0 spiro atoms. The van der Waals surface area contributed by atoms with E-state index in [1.54, 1.807) is 0 Å². The van der Waals surface area contributed by atoms with Crippen molar-refractivity contribution in [2.45, 2.75) is 34.1 Å². The highest BCUT2D eigenvalue weighted by molar-refractivity contribution is 5.29. The fourth-order valence-corrected chi connectivity index (χ4v) is 1.61. The maximum absolute atomic E-state index is 5.74. The Labute approximate surface area is 105 Å². The van der Waals surface area contributed by atoms with Crippen LogP contribution in [0, 0.1) is 12.8 Å². The number of hydrogen-bond acceptors (Lipinski definition) is 3. The lowest BCUT2D eigenvalue weighted by Gasteiger charge is -2.11. The summed E-state index contributed by atoms with van der Waals surface area (Å²) in [6.07, 6.45) is 0.913. The first-order valence-electron chi connectivity index (χ1n) is 6.43. The van der Waals surface area contributed by atoms with E-state index in [0.717, 1.165) is 36.6 Å². The number of nitrogens with one attached hydrogen (secondary N) is 1. The van der Waals surface area contributed by atoms with Gasteiger partial charge in [-0.15, -0.1) is 0 Å². The van der Waals surface area contributed by atoms with Gasteiger partial charge in [-0.05, 0) is 37.9 Å². The first kappa shape index (κ1) is 14.0. The summed E-state index contributed by atoms with van der Waals surface area (Å²) in [5.74, 6) is 1.60. The van der Waals surface area contributed by atoms with Gasteiger partial charge >= 0.3 is 0 Å². The zero-order valence-electron chi connectivity index (χ0n) is 11.4. The van der Waals surface area contributed by atoms with Crippen LogP contribution in [0.2, 0.25) is 0 Å². The summed E-state index contributed by atoms with van der Waals surface area (Å²) in [6, 6.07) is 4.01. The summed E-state index contributed by atoms with van der Waals surface area (Å²) in [5, 5.41) is 3.36. The van der Waals surface area contributed by atoms with Crippen LogP contribution in [-0.2, 0) is 6.42 Å². The Morgan fingerprint density at radius 1 is 1.35 bits per heavy atom. The predicted molar refractivity (Wildman–Crippen MR) is 71.6 cm³/mol. The number of rotatable bonds is 7. The Hall–Kier alpha value is -1.09. The van der Waals surface area contributed by atoms with Crippen LogP contribution < -0.4 is 10.1 Å². The second-order valence-electron chi connectivity index (χ2n) is 4.70. The van der Waals surface area contributed by atoms with Crippen molar-refractivity contribution in [2.24, 2.45) is 5.92 Å². The average molecular weight is 236 g/mol. The van der Waals surface area contributed by atoms with E-state index in [4.69, 9.17) is 4.74 Å². The molecule has 1 heterocycles. The normalized spacial score (nSPS) is 10.9. The van der Waals surface area contributed by atoms with Gasteiger partial charge in [-0.25, -0.2) is 0 Å². The molecule has 3 heteroatoms. The molecule has 0 fully saturated rings. The van der Waals surface area contributed by atoms with E-state index in [2.05, 4.69) is 31.1 Å². The molecule has 1 N–H and O–H groups in total. The lowest BCUT2D eigenvalue weighted by atomic mass is 10.2. The number of aryl methyl sites for hydroxylation is 2. The molecular weight excluding hydrogens is 212 g/mol. The Morgan fingerprint density at radius 3 is 2.76 bits per heavy atom. The molecule has 0 atom stereocenters. The highest BCUT2D eigenvalue weighted by Gasteiger charge is 2.03. The van der Waals surface area contributed by atoms with Crippen molar-refractivity contribution in [3.8, 4) is 5.75 Å². The third kappa shape index (κ3) is 5.18. The number of ether oxygens (including phenoxy) is 1. The van der Waals surface area contributed by atoms with Gasteiger partial charge in [-0.3, -0.25) is 4.98 Å². The van der Waals surface area contributed by atoms with Crippen LogP contribution in [0.1, 0.15) is 32.2 Å². The smallest absolute Gasteiger partial charge is 0.140 e. The Bertz CT molecular complexity index is 337. The summed E-state index contributed by atoms with van der Waals surface area (Å²) in [7, 11) is 0. The topological polar surface area (TPSA) is 34.1 Å². The molecule has 0 aliphatic heterocycles. The van der Waals surface area contributed by atoms with Gasteiger partial charge in [0.25, 0.3) is 0 Å². The quantitative estimate of drug-likeness (QED) is 0.739. The van der Waals surface area contributed by atoms with E-state index >= 15 is 0 Å². The Kier molecular flexibility index (Phi) is 5.98. The van der Waals surface area contributed by atoms with Crippen LogP contribution in [0.25, 0.3) is 0 Å². The molecule has 1 aromatic heterocycles. The second-order valence-corrected chi connectivity index (χ2v) is 4.70. The largest absolute Gasteiger partial charge is 0.490 e. The zero-order chi connectivity index (χ0) is 12.7. The molecule has 1 aromatic rings. The van der Waals surface area contributed by atoms with Crippen LogP contribution >= 0.6 is 0 Å². The summed E-state index contributed by atoms with van der Waals surface area (Å²) < 4.78 is 5.74. The van der Waals surface area contributed by atoms with Gasteiger partial charge in [0.1, 0.15) is 12.4 Å². The second kappa shape index (κ2) is 7.28. The molecule has 0 unspecified atom stereocenters. The minimum absolute atomic E-state index is 0.683. The third-order valence-electron chi connectivity index (χ3n) is 2.50. The molecule has 0 saturated heterocycles. The number of pyridine rings is 1. The fraction of sp³-hybridized carbons (Fsp3) is 0.643. The van der Waals surface area contributed by atoms with Crippen molar-refractivity contribution in [3.63, 3.8) is 0 Å². The van der Waals surface area contributed by atoms with Crippen molar-refractivity contribution < 1.29 is 4.74 Å². The van der Waals surface area contributed by atoms with Crippen molar-refractivity contribution in [1.82, 2.24) is 10.3 Å². The summed E-state index contributed by atoms with van der Waals surface area (Å²) >= 11 is 0. The molecule has 0 aliphatic carbocycles. The average Bonchev–Trinajstić information content (AvgIpc) is 2.29. The minimum Gasteiger partial charge on any atom is -0.490 e. The molecule has 0 amide bonds. The van der Waals surface area contributed by atoms with Crippen molar-refractivity contribution >= 4 is 0 Å². The molecule has 3 nitrogen and oxygen atoms in total. The van der Waals surface area contributed by atoms with Crippen molar-refractivity contribution in [3.05, 3.63) is 23.5 Å². The maximum Gasteiger partial charge on any atom is 0.140 e. The summed E-state index contributed by atoms with van der Waals surface area (Å²) in [5.41, 5.74) is 2.10. The van der Waals surface area contributed by atoms with E-state index in [1.165, 1.54) is 0 Å². The highest BCUT2D eigenvalue weighted by atomic mass is 16.5. The van der Waals surface area contributed by atoms with E-state index < -0.39 is 0 Å². The van der Waals surface area contributed by atoms with E-state index in [-0.39, 0.29) is 0 Å². The van der Waals surface area contributed by atoms with Gasteiger partial charge in [0, 0.05) is 12.2 Å². The van der Waals surface area contributed by atoms with Gasteiger partial charge in [0.05, 0.1) is 5.69 Å². The lowest BCUT2D eigenvalue weighted by molar-refractivity contribution is 0.306. The van der Waals surface area contributed by atoms with Crippen LogP contribution in [0.4, 0.5) is 0 Å². The van der Waals surface area contributed by atoms with E-state index in [9.17, 15) is 0 Å². The Balaban J connectivity index is 2.36. The van der Waals surface area contributed by atoms with Crippen molar-refractivity contribution in [2.75, 3.05) is 19.7 Å². The Morgan fingerprint density at radius 2 is 2.12 bits per heavy atom. The zero-order valence-corrected chi connectivity index (χ0v) is 11.4. The van der Waals surface area contributed by atoms with Gasteiger partial charge in [0.15, 0.2) is 0 Å². The molecule has 96 valence electrons. The summed E-state index contributed by atoms with van der Waals surface area (Å²) in [4.78, 5) is 4.47. The predicted octanol–water partition coefficient (Wildman–Crippen LogP) is 2.58. The van der Waals surface area contributed by atoms with E-state index in [0.29, 0.717) is 12.5 Å². The van der Waals surface area contributed by atoms with Gasteiger partial charge in [-0.1, -0.05) is 20.8 Å². The molecule has 0 aliphatic rings. The van der Waals surface area contributed by atoms with Gasteiger partial charge in [-0.2, -0.15) is 0 Å². The highest BCUT2D eigenvalue weighted by Crippen LogP contribution is 2.16. The molecule has 17 heavy (non-hydrogen) atoms. The fourth-order valence-electron chi connectivity index (χ4n) is 1.61. The first-order chi connectivity index (χ1) is 8.13. The van der Waals surface area contributed by atoms with Crippen LogP contribution in [0.3, 0.4) is 0 Å². The van der Waals surface area contributed by atoms with E-state index in [1.807, 2.05) is 19.1 Å². The SMILES string of the molecule is CCc1nc(C)ccc1OCCNCC(C)C. The standard InChI is InChI=1S/C14H24N2O/c1-5-13-14(7-6-12(4)16-13)17-9-8-15-10-11(2)3/h6-7,11,15H,5,8-10H2,1-4H3. The van der Waals surface area contributed by atoms with Gasteiger partial charge < -0.3 is 10.1 Å². The maximum atomic E-state index is 5.74. The number of hydrogen-bond donors (Lipinski definition) is 1. The molecule has 0 saturated carbocycles. The van der Waals surface area contributed by atoms with Crippen molar-refractivity contribution in [1.29, 1.82) is 0 Å². The molecule has 1 rings (SSSR count). The van der Waals surface area contributed by atoms with Gasteiger partial charge in [0.2, 0.25) is 0 Å². The number of nitrogens with zero attached hydrogens (tertiary/aromatic N) is 1. The lowest BCUT2D eigenvalue weighted by Crippen LogP contribution is -2.25. The molecule has 0 aromatic carbocycles. The minimum atomic E-state index is 0.683. The molecule has 0 radical (unpaired) electrons. The van der Waals surface area contributed by atoms with Crippen LogP contribution in [0.5, 0.6) is 5.75 Å². The molecule has 0 bridgehead atoms. The number of aromatic nitrogens is 1. The van der Waals surface area contributed by atoms with Crippen LogP contribution in [0.15, 0.2) is 12.1 Å². The monoisotopic (exact) mass is 236 g/mol. The molecular formula is C14H24N2O. The summed E-state index contributed by atoms with van der Waals surface area (Å²) in [6.45, 7) is 11.1. The van der Waals surface area contributed by atoms with Crippen LogP contribution in [-0.4, -0.2) is 24.7 Å². The first-order valence-corrected chi connectivity index (χ1v) is 6.43. The third-order valence-corrected chi connectivity index (χ3v) is 2.50.